The van der Waals surface area contributed by atoms with Crippen molar-refractivity contribution in [2.24, 2.45) is 0 Å². The third-order valence-corrected chi connectivity index (χ3v) is 5.21. The molecule has 0 spiro atoms. The van der Waals surface area contributed by atoms with E-state index in [-0.39, 0.29) is 16.6 Å². The number of hydrogen-bond acceptors (Lipinski definition) is 5. The molecule has 0 radical (unpaired) electrons. The molecule has 0 amide bonds. The molecule has 0 bridgehead atoms. The monoisotopic (exact) mass is 299 g/mol. The maximum Gasteiger partial charge on any atom is 0.273 e. The highest BCUT2D eigenvalue weighted by Gasteiger charge is 2.29. The maximum absolute atomic E-state index is 12.5. The van der Waals surface area contributed by atoms with Crippen LogP contribution in [0.3, 0.4) is 0 Å². The second-order valence-corrected chi connectivity index (χ2v) is 6.86. The second kappa shape index (κ2) is 5.47. The molecular formula is C12H17N3O4S. The molecule has 20 heavy (non-hydrogen) atoms. The van der Waals surface area contributed by atoms with Gasteiger partial charge in [-0.25, -0.2) is 8.42 Å². The van der Waals surface area contributed by atoms with E-state index in [1.165, 1.54) is 16.4 Å². The van der Waals surface area contributed by atoms with E-state index in [2.05, 4.69) is 5.32 Å². The summed E-state index contributed by atoms with van der Waals surface area (Å²) in [6, 6.07) is 4.09. The molecule has 1 aliphatic heterocycles. The normalized spacial score (nSPS) is 20.8. The highest BCUT2D eigenvalue weighted by molar-refractivity contribution is 7.89. The number of nitro benzene ring substituents is 1. The molecule has 1 atom stereocenters. The van der Waals surface area contributed by atoms with E-state index < -0.39 is 14.9 Å². The topological polar surface area (TPSA) is 92.6 Å². The fraction of sp³-hybridized carbons (Fsp3) is 0.500. The van der Waals surface area contributed by atoms with Gasteiger partial charge in [-0.3, -0.25) is 10.1 Å². The van der Waals surface area contributed by atoms with Crippen LogP contribution in [0.2, 0.25) is 0 Å². The Morgan fingerprint density at radius 2 is 2.15 bits per heavy atom. The average molecular weight is 299 g/mol. The molecule has 0 aliphatic carbocycles. The summed E-state index contributed by atoms with van der Waals surface area (Å²) < 4.78 is 26.4. The summed E-state index contributed by atoms with van der Waals surface area (Å²) in [4.78, 5) is 10.3. The van der Waals surface area contributed by atoms with Crippen molar-refractivity contribution in [3.8, 4) is 0 Å². The molecule has 1 fully saturated rings. The van der Waals surface area contributed by atoms with E-state index in [1.54, 1.807) is 6.92 Å². The van der Waals surface area contributed by atoms with Gasteiger partial charge in [-0.05, 0) is 19.9 Å². The molecular weight excluding hydrogens is 282 g/mol. The minimum Gasteiger partial charge on any atom is -0.312 e. The number of nitrogens with zero attached hydrogens (tertiary/aromatic N) is 2. The number of benzene rings is 1. The molecule has 110 valence electrons. The van der Waals surface area contributed by atoms with Gasteiger partial charge in [0.15, 0.2) is 0 Å². The highest BCUT2D eigenvalue weighted by atomic mass is 32.2. The van der Waals surface area contributed by atoms with E-state index in [4.69, 9.17) is 0 Å². The third kappa shape index (κ3) is 2.82. The molecule has 7 nitrogen and oxygen atoms in total. The molecule has 1 aliphatic rings. The molecule has 0 aromatic heterocycles. The van der Waals surface area contributed by atoms with Crippen molar-refractivity contribution in [2.45, 2.75) is 24.8 Å². The summed E-state index contributed by atoms with van der Waals surface area (Å²) in [5.41, 5.74) is 0.275. The lowest BCUT2D eigenvalue weighted by atomic mass is 10.2. The van der Waals surface area contributed by atoms with Gasteiger partial charge in [0.05, 0.1) is 9.82 Å². The highest BCUT2D eigenvalue weighted by Crippen LogP contribution is 2.25. The first kappa shape index (κ1) is 14.9. The molecule has 1 aromatic carbocycles. The fourth-order valence-electron chi connectivity index (χ4n) is 2.21. The maximum atomic E-state index is 12.5. The molecule has 1 N–H and O–H groups in total. The molecule has 1 aromatic rings. The van der Waals surface area contributed by atoms with Crippen molar-refractivity contribution in [1.82, 2.24) is 9.62 Å². The van der Waals surface area contributed by atoms with E-state index in [9.17, 15) is 18.5 Å². The molecule has 1 heterocycles. The quantitative estimate of drug-likeness (QED) is 0.661. The zero-order chi connectivity index (χ0) is 14.9. The molecule has 0 unspecified atom stereocenters. The number of nitrogens with one attached hydrogen (secondary N) is 1. The molecule has 2 rings (SSSR count). The lowest BCUT2D eigenvalue weighted by Gasteiger charge is -2.30. The smallest absolute Gasteiger partial charge is 0.273 e. The van der Waals surface area contributed by atoms with Gasteiger partial charge in [0.1, 0.15) is 0 Å². The summed E-state index contributed by atoms with van der Waals surface area (Å²) in [7, 11) is -3.68. The van der Waals surface area contributed by atoms with Crippen LogP contribution in [-0.2, 0) is 10.0 Å². The van der Waals surface area contributed by atoms with Crippen molar-refractivity contribution in [3.05, 3.63) is 33.9 Å². The average Bonchev–Trinajstić information content (AvgIpc) is 2.38. The first-order chi connectivity index (χ1) is 9.32. The summed E-state index contributed by atoms with van der Waals surface area (Å²) >= 11 is 0. The zero-order valence-corrected chi connectivity index (χ0v) is 12.2. The van der Waals surface area contributed by atoms with Crippen molar-refractivity contribution in [3.63, 3.8) is 0 Å². The SMILES string of the molecule is Cc1ccc(S(=O)(=O)N2CCN[C@@H](C)C2)cc1[N+](=O)[O-]. The fourth-order valence-corrected chi connectivity index (χ4v) is 3.76. The summed E-state index contributed by atoms with van der Waals surface area (Å²) in [5.74, 6) is 0. The summed E-state index contributed by atoms with van der Waals surface area (Å²) in [5, 5.41) is 14.1. The minimum atomic E-state index is -3.68. The number of piperazine rings is 1. The van der Waals surface area contributed by atoms with Crippen molar-refractivity contribution in [2.75, 3.05) is 19.6 Å². The van der Waals surface area contributed by atoms with Crippen LogP contribution >= 0.6 is 0 Å². The lowest BCUT2D eigenvalue weighted by Crippen LogP contribution is -2.51. The van der Waals surface area contributed by atoms with Gasteiger partial charge in [-0.2, -0.15) is 4.31 Å². The Hall–Kier alpha value is -1.51. The first-order valence-corrected chi connectivity index (χ1v) is 7.75. The first-order valence-electron chi connectivity index (χ1n) is 6.31. The van der Waals surface area contributed by atoms with Crippen LogP contribution in [0.4, 0.5) is 5.69 Å². The van der Waals surface area contributed by atoms with Crippen LogP contribution in [0.25, 0.3) is 0 Å². The number of nitro groups is 1. The number of rotatable bonds is 3. The standard InChI is InChI=1S/C12H17N3O4S/c1-9-3-4-11(7-12(9)15(16)17)20(18,19)14-6-5-13-10(2)8-14/h3-4,7,10,13H,5-6,8H2,1-2H3/t10-/m0/s1. The van der Waals surface area contributed by atoms with Crippen LogP contribution in [0.1, 0.15) is 12.5 Å². The Bertz CT molecular complexity index is 630. The van der Waals surface area contributed by atoms with Gasteiger partial charge in [0.25, 0.3) is 5.69 Å². The summed E-state index contributed by atoms with van der Waals surface area (Å²) in [6.45, 7) is 4.80. The van der Waals surface area contributed by atoms with Gasteiger partial charge in [0.2, 0.25) is 10.0 Å². The second-order valence-electron chi connectivity index (χ2n) is 4.92. The van der Waals surface area contributed by atoms with Crippen molar-refractivity contribution < 1.29 is 13.3 Å². The van der Waals surface area contributed by atoms with Gasteiger partial charge in [-0.15, -0.1) is 0 Å². The largest absolute Gasteiger partial charge is 0.312 e. The number of hydrogen-bond donors (Lipinski definition) is 1. The number of aryl methyl sites for hydroxylation is 1. The summed E-state index contributed by atoms with van der Waals surface area (Å²) in [6.07, 6.45) is 0. The molecule has 8 heteroatoms. The van der Waals surface area contributed by atoms with Gasteiger partial charge < -0.3 is 5.32 Å². The van der Waals surface area contributed by atoms with E-state index >= 15 is 0 Å². The Balaban J connectivity index is 2.39. The Labute approximate surface area is 117 Å². The Morgan fingerprint density at radius 3 is 2.75 bits per heavy atom. The van der Waals surface area contributed by atoms with Gasteiger partial charge in [0, 0.05) is 37.3 Å². The van der Waals surface area contributed by atoms with Crippen LogP contribution in [0, 0.1) is 17.0 Å². The van der Waals surface area contributed by atoms with Crippen LogP contribution in [0.15, 0.2) is 23.1 Å². The third-order valence-electron chi connectivity index (χ3n) is 3.35. The predicted molar refractivity (Wildman–Crippen MR) is 74.1 cm³/mol. The van der Waals surface area contributed by atoms with Crippen LogP contribution in [0.5, 0.6) is 0 Å². The van der Waals surface area contributed by atoms with E-state index in [0.717, 1.165) is 6.07 Å². The predicted octanol–water partition coefficient (Wildman–Crippen LogP) is 0.886. The number of sulfonamides is 1. The van der Waals surface area contributed by atoms with Gasteiger partial charge in [-0.1, -0.05) is 6.07 Å². The Morgan fingerprint density at radius 1 is 1.45 bits per heavy atom. The molecule has 0 saturated carbocycles. The van der Waals surface area contributed by atoms with Crippen molar-refractivity contribution >= 4 is 15.7 Å². The van der Waals surface area contributed by atoms with Gasteiger partial charge >= 0.3 is 0 Å². The van der Waals surface area contributed by atoms with E-state index in [1.807, 2.05) is 6.92 Å². The van der Waals surface area contributed by atoms with Crippen molar-refractivity contribution in [1.29, 1.82) is 0 Å². The zero-order valence-electron chi connectivity index (χ0n) is 11.4. The lowest BCUT2D eigenvalue weighted by molar-refractivity contribution is -0.385. The van der Waals surface area contributed by atoms with E-state index in [0.29, 0.717) is 25.2 Å². The minimum absolute atomic E-state index is 0.0242. The Kier molecular flexibility index (Phi) is 4.07. The molecule has 1 saturated heterocycles. The van der Waals surface area contributed by atoms with Crippen LogP contribution < -0.4 is 5.32 Å². The van der Waals surface area contributed by atoms with Crippen LogP contribution in [-0.4, -0.2) is 43.3 Å².